The molecule has 0 aliphatic carbocycles. The van der Waals surface area contributed by atoms with Crippen molar-refractivity contribution >= 4 is 18.1 Å². The fourth-order valence-corrected chi connectivity index (χ4v) is 2.57. The maximum atomic E-state index is 12.5. The number of aldehydes is 1. The Kier molecular flexibility index (Phi) is 4.70. The molecule has 2 amide bonds. The van der Waals surface area contributed by atoms with Gasteiger partial charge in [0.05, 0.1) is 0 Å². The third-order valence-electron chi connectivity index (χ3n) is 3.73. The van der Waals surface area contributed by atoms with Gasteiger partial charge >= 0.3 is 0 Å². The number of nitrogens with one attached hydrogen (secondary N) is 1. The predicted molar refractivity (Wildman–Crippen MR) is 77.4 cm³/mol. The van der Waals surface area contributed by atoms with E-state index < -0.39 is 6.04 Å². The molecule has 0 saturated heterocycles. The Morgan fingerprint density at radius 1 is 1.52 bits per heavy atom. The highest BCUT2D eigenvalue weighted by Gasteiger charge is 2.35. The summed E-state index contributed by atoms with van der Waals surface area (Å²) in [5.41, 5.74) is 7.96. The highest BCUT2D eigenvalue weighted by molar-refractivity contribution is 6.01. The van der Waals surface area contributed by atoms with Gasteiger partial charge in [-0.25, -0.2) is 0 Å². The zero-order valence-electron chi connectivity index (χ0n) is 12.0. The number of nitrogens with zero attached hydrogens (tertiary/aromatic N) is 1. The Balaban J connectivity index is 2.26. The van der Waals surface area contributed by atoms with Gasteiger partial charge in [0.15, 0.2) is 0 Å². The third-order valence-corrected chi connectivity index (χ3v) is 3.73. The van der Waals surface area contributed by atoms with Crippen LogP contribution < -0.4 is 11.1 Å². The lowest BCUT2D eigenvalue weighted by Gasteiger charge is -2.25. The molecule has 0 bridgehead atoms. The first-order valence-corrected chi connectivity index (χ1v) is 6.90. The van der Waals surface area contributed by atoms with E-state index in [9.17, 15) is 14.4 Å². The first kappa shape index (κ1) is 15.2. The average Bonchev–Trinajstić information content (AvgIpc) is 2.84. The first-order chi connectivity index (χ1) is 10.1. The van der Waals surface area contributed by atoms with Gasteiger partial charge in [0.2, 0.25) is 5.91 Å². The number of likely N-dealkylation sites (N-methyl/N-ethyl adjacent to an activating group) is 1. The largest absolute Gasteiger partial charge is 0.357 e. The number of amides is 2. The number of hydrogen-bond acceptors (Lipinski definition) is 4. The predicted octanol–water partition coefficient (Wildman–Crippen LogP) is 0.195. The maximum Gasteiger partial charge on any atom is 0.255 e. The number of benzene rings is 1. The third kappa shape index (κ3) is 2.95. The smallest absolute Gasteiger partial charge is 0.255 e. The quantitative estimate of drug-likeness (QED) is 0.731. The van der Waals surface area contributed by atoms with Crippen LogP contribution in [0.1, 0.15) is 34.3 Å². The van der Waals surface area contributed by atoms with Crippen molar-refractivity contribution in [3.8, 4) is 0 Å². The molecule has 6 heteroatoms. The minimum Gasteiger partial charge on any atom is -0.357 e. The molecule has 1 aromatic rings. The van der Waals surface area contributed by atoms with E-state index in [1.807, 2.05) is 12.1 Å². The van der Waals surface area contributed by atoms with E-state index in [1.165, 1.54) is 11.9 Å². The van der Waals surface area contributed by atoms with Gasteiger partial charge in [0.25, 0.3) is 5.91 Å². The second-order valence-electron chi connectivity index (χ2n) is 5.00. The van der Waals surface area contributed by atoms with Crippen molar-refractivity contribution in [2.45, 2.75) is 32.0 Å². The molecule has 21 heavy (non-hydrogen) atoms. The van der Waals surface area contributed by atoms with Gasteiger partial charge in [-0.05, 0) is 23.6 Å². The van der Waals surface area contributed by atoms with E-state index in [2.05, 4.69) is 5.32 Å². The van der Waals surface area contributed by atoms with Crippen molar-refractivity contribution in [3.05, 3.63) is 34.9 Å². The van der Waals surface area contributed by atoms with E-state index >= 15 is 0 Å². The Hall–Kier alpha value is -2.21. The number of fused-ring (bicyclic) bond motifs is 1. The molecule has 1 atom stereocenters. The van der Waals surface area contributed by atoms with E-state index in [0.717, 1.165) is 17.4 Å². The zero-order chi connectivity index (χ0) is 15.4. The van der Waals surface area contributed by atoms with Crippen LogP contribution in [0.3, 0.4) is 0 Å². The number of hydrogen-bond donors (Lipinski definition) is 2. The molecule has 0 radical (unpaired) electrons. The van der Waals surface area contributed by atoms with Crippen LogP contribution in [-0.2, 0) is 22.7 Å². The molecule has 2 rings (SSSR count). The van der Waals surface area contributed by atoms with Crippen LogP contribution in [0.15, 0.2) is 18.2 Å². The Bertz CT molecular complexity index is 571. The second-order valence-corrected chi connectivity index (χ2v) is 5.00. The molecule has 112 valence electrons. The molecule has 6 nitrogen and oxygen atoms in total. The van der Waals surface area contributed by atoms with Crippen LogP contribution in [-0.4, -0.2) is 36.1 Å². The lowest BCUT2D eigenvalue weighted by Crippen LogP contribution is -2.46. The molecule has 1 aliphatic rings. The van der Waals surface area contributed by atoms with E-state index in [1.54, 1.807) is 6.07 Å². The Morgan fingerprint density at radius 3 is 2.90 bits per heavy atom. The summed E-state index contributed by atoms with van der Waals surface area (Å²) in [6, 6.07) is 4.91. The van der Waals surface area contributed by atoms with Crippen molar-refractivity contribution in [2.24, 2.45) is 5.73 Å². The van der Waals surface area contributed by atoms with E-state index in [4.69, 9.17) is 5.73 Å². The normalized spacial score (nSPS) is 14.8. The molecule has 1 heterocycles. The summed E-state index contributed by atoms with van der Waals surface area (Å²) in [6.45, 7) is 0.751. The molecule has 0 spiro atoms. The van der Waals surface area contributed by atoms with Crippen molar-refractivity contribution in [1.82, 2.24) is 10.2 Å². The van der Waals surface area contributed by atoms with Crippen LogP contribution in [0, 0.1) is 0 Å². The molecule has 1 aromatic carbocycles. The summed E-state index contributed by atoms with van der Waals surface area (Å²) in [6.07, 6.45) is 1.33. The zero-order valence-corrected chi connectivity index (χ0v) is 12.0. The topological polar surface area (TPSA) is 92.5 Å². The summed E-state index contributed by atoms with van der Waals surface area (Å²) in [5.74, 6) is -0.433. The monoisotopic (exact) mass is 289 g/mol. The summed E-state index contributed by atoms with van der Waals surface area (Å²) in [7, 11) is 1.52. The van der Waals surface area contributed by atoms with Gasteiger partial charge < -0.3 is 20.7 Å². The summed E-state index contributed by atoms with van der Waals surface area (Å²) < 4.78 is 0. The van der Waals surface area contributed by atoms with Crippen molar-refractivity contribution < 1.29 is 14.4 Å². The molecule has 1 aliphatic heterocycles. The van der Waals surface area contributed by atoms with Crippen LogP contribution in [0.4, 0.5) is 0 Å². The van der Waals surface area contributed by atoms with Crippen LogP contribution in [0.2, 0.25) is 0 Å². The van der Waals surface area contributed by atoms with Crippen molar-refractivity contribution in [1.29, 1.82) is 0 Å². The lowest BCUT2D eigenvalue weighted by atomic mass is 10.1. The minimum atomic E-state index is -0.624. The maximum absolute atomic E-state index is 12.5. The number of carbonyl (C=O) groups is 3. The van der Waals surface area contributed by atoms with Crippen LogP contribution in [0.25, 0.3) is 0 Å². The molecule has 0 aromatic heterocycles. The second kappa shape index (κ2) is 6.49. The van der Waals surface area contributed by atoms with E-state index in [0.29, 0.717) is 25.1 Å². The minimum absolute atomic E-state index is 0.181. The first-order valence-electron chi connectivity index (χ1n) is 6.90. The van der Waals surface area contributed by atoms with Gasteiger partial charge in [0, 0.05) is 32.1 Å². The lowest BCUT2D eigenvalue weighted by molar-refractivity contribution is -0.125. The standard InChI is InChI=1S/C15H19N3O3/c1-17-14(20)13(3-2-6-19)18-9-11-5-4-10(8-16)7-12(11)15(18)21/h4-7,13H,2-3,8-9,16H2,1H3,(H,17,20). The average molecular weight is 289 g/mol. The van der Waals surface area contributed by atoms with Gasteiger partial charge in [-0.2, -0.15) is 0 Å². The van der Waals surface area contributed by atoms with Gasteiger partial charge in [-0.1, -0.05) is 12.1 Å². The molecule has 0 fully saturated rings. The van der Waals surface area contributed by atoms with Crippen LogP contribution >= 0.6 is 0 Å². The SMILES string of the molecule is CNC(=O)C(CCC=O)N1Cc2ccc(CN)cc2C1=O. The number of rotatable bonds is 6. The number of nitrogens with two attached hydrogens (primary N) is 1. The summed E-state index contributed by atoms with van der Waals surface area (Å²) >= 11 is 0. The van der Waals surface area contributed by atoms with Gasteiger partial charge in [-0.3, -0.25) is 9.59 Å². The summed E-state index contributed by atoms with van der Waals surface area (Å²) in [4.78, 5) is 36.6. The fourth-order valence-electron chi connectivity index (χ4n) is 2.57. The highest BCUT2D eigenvalue weighted by atomic mass is 16.2. The summed E-state index contributed by atoms with van der Waals surface area (Å²) in [5, 5.41) is 2.55. The van der Waals surface area contributed by atoms with Gasteiger partial charge in [-0.15, -0.1) is 0 Å². The van der Waals surface area contributed by atoms with Crippen molar-refractivity contribution in [2.75, 3.05) is 7.05 Å². The molecule has 1 unspecified atom stereocenters. The van der Waals surface area contributed by atoms with E-state index in [-0.39, 0.29) is 18.2 Å². The fraction of sp³-hybridized carbons (Fsp3) is 0.400. The Labute approximate surface area is 123 Å². The molecule has 0 saturated carbocycles. The Morgan fingerprint density at radius 2 is 2.29 bits per heavy atom. The number of carbonyl (C=O) groups excluding carboxylic acids is 3. The van der Waals surface area contributed by atoms with Gasteiger partial charge in [0.1, 0.15) is 12.3 Å². The molecular weight excluding hydrogens is 270 g/mol. The highest BCUT2D eigenvalue weighted by Crippen LogP contribution is 2.27. The molecule has 3 N–H and O–H groups in total. The van der Waals surface area contributed by atoms with Crippen molar-refractivity contribution in [3.63, 3.8) is 0 Å². The molecular formula is C15H19N3O3. The van der Waals surface area contributed by atoms with Crippen LogP contribution in [0.5, 0.6) is 0 Å².